The van der Waals surface area contributed by atoms with Crippen molar-refractivity contribution in [3.05, 3.63) is 22.9 Å². The zero-order chi connectivity index (χ0) is 11.5. The van der Waals surface area contributed by atoms with Crippen LogP contribution in [0.1, 0.15) is 0 Å². The molecule has 0 radical (unpaired) electrons. The average Bonchev–Trinajstić information content (AvgIpc) is 2.24. The van der Waals surface area contributed by atoms with E-state index < -0.39 is 0 Å². The van der Waals surface area contributed by atoms with Crippen molar-refractivity contribution in [3.63, 3.8) is 0 Å². The molecule has 2 rings (SSSR count). The van der Waals surface area contributed by atoms with Crippen molar-refractivity contribution in [2.45, 2.75) is 6.10 Å². The highest BCUT2D eigenvalue weighted by atomic mass is 127. The number of alkyl halides is 1. The van der Waals surface area contributed by atoms with Crippen LogP contribution < -0.4 is 4.74 Å². The van der Waals surface area contributed by atoms with Gasteiger partial charge in [-0.2, -0.15) is 0 Å². The van der Waals surface area contributed by atoms with Gasteiger partial charge >= 0.3 is 0 Å². The number of hydrogen-bond acceptors (Lipinski definition) is 3. The molecule has 0 aliphatic carbocycles. The molecule has 0 saturated carbocycles. The maximum absolute atomic E-state index is 11.3. The number of ether oxygens (including phenoxy) is 1. The third kappa shape index (κ3) is 2.85. The lowest BCUT2D eigenvalue weighted by Gasteiger charge is -2.38. The first-order valence-electron chi connectivity index (χ1n) is 4.81. The van der Waals surface area contributed by atoms with E-state index in [0.717, 1.165) is 10.4 Å². The summed E-state index contributed by atoms with van der Waals surface area (Å²) >= 11 is 5.33. The summed E-state index contributed by atoms with van der Waals surface area (Å²) in [6.07, 6.45) is 1.78. The Morgan fingerprint density at radius 1 is 1.62 bits per heavy atom. The van der Waals surface area contributed by atoms with Gasteiger partial charge in [0.2, 0.25) is 5.91 Å². The fourth-order valence-electron chi connectivity index (χ4n) is 1.43. The Morgan fingerprint density at radius 3 is 2.94 bits per heavy atom. The minimum atomic E-state index is 0.106. The molecule has 2 heterocycles. The highest BCUT2D eigenvalue weighted by Crippen LogP contribution is 2.19. The molecule has 0 unspecified atom stereocenters. The number of pyridine rings is 1. The molecular formula is C10H10BrIN2O2. The number of rotatable bonds is 3. The van der Waals surface area contributed by atoms with Crippen LogP contribution in [0.2, 0.25) is 0 Å². The lowest BCUT2D eigenvalue weighted by atomic mass is 10.1. The SMILES string of the molecule is O=C(CI)N1CC(Oc2ccc(Br)nc2)C1. The Morgan fingerprint density at radius 2 is 2.38 bits per heavy atom. The summed E-state index contributed by atoms with van der Waals surface area (Å²) in [6, 6.07) is 3.70. The molecule has 0 N–H and O–H groups in total. The molecule has 0 aromatic carbocycles. The Kier molecular flexibility index (Phi) is 4.01. The zero-order valence-corrected chi connectivity index (χ0v) is 12.1. The number of carbonyl (C=O) groups is 1. The number of aromatic nitrogens is 1. The summed E-state index contributed by atoms with van der Waals surface area (Å²) in [5.41, 5.74) is 0. The Bertz CT molecular complexity index is 379. The fourth-order valence-corrected chi connectivity index (χ4v) is 2.14. The van der Waals surface area contributed by atoms with Crippen LogP contribution in [0, 0.1) is 0 Å². The van der Waals surface area contributed by atoms with Gasteiger partial charge < -0.3 is 9.64 Å². The second-order valence-corrected chi connectivity index (χ2v) is 5.06. The molecule has 1 saturated heterocycles. The van der Waals surface area contributed by atoms with E-state index in [4.69, 9.17) is 4.74 Å². The summed E-state index contributed by atoms with van der Waals surface area (Å²) in [4.78, 5) is 17.1. The number of carbonyl (C=O) groups excluding carboxylic acids is 1. The second-order valence-electron chi connectivity index (χ2n) is 3.49. The molecule has 0 spiro atoms. The van der Waals surface area contributed by atoms with Gasteiger partial charge in [0.25, 0.3) is 0 Å². The molecular weight excluding hydrogens is 387 g/mol. The Labute approximate surface area is 116 Å². The lowest BCUT2D eigenvalue weighted by molar-refractivity contribution is -0.136. The van der Waals surface area contributed by atoms with Crippen molar-refractivity contribution >= 4 is 44.4 Å². The van der Waals surface area contributed by atoms with Gasteiger partial charge in [-0.3, -0.25) is 4.79 Å². The van der Waals surface area contributed by atoms with Crippen LogP contribution in [0.4, 0.5) is 0 Å². The molecule has 6 heteroatoms. The van der Waals surface area contributed by atoms with E-state index in [1.165, 1.54) is 0 Å². The minimum Gasteiger partial charge on any atom is -0.485 e. The smallest absolute Gasteiger partial charge is 0.232 e. The Balaban J connectivity index is 1.81. The predicted octanol–water partition coefficient (Wildman–Crippen LogP) is 1.87. The van der Waals surface area contributed by atoms with Gasteiger partial charge in [0.15, 0.2) is 0 Å². The van der Waals surface area contributed by atoms with Crippen molar-refractivity contribution in [1.29, 1.82) is 0 Å². The maximum Gasteiger partial charge on any atom is 0.232 e. The van der Waals surface area contributed by atoms with Crippen molar-refractivity contribution in [3.8, 4) is 5.75 Å². The molecule has 1 aromatic rings. The largest absolute Gasteiger partial charge is 0.485 e. The zero-order valence-electron chi connectivity index (χ0n) is 8.40. The lowest BCUT2D eigenvalue weighted by Crippen LogP contribution is -2.56. The van der Waals surface area contributed by atoms with Gasteiger partial charge in [0.05, 0.1) is 23.7 Å². The number of likely N-dealkylation sites (tertiary alicyclic amines) is 1. The molecule has 1 aliphatic heterocycles. The summed E-state index contributed by atoms with van der Waals surface area (Å²) < 4.78 is 6.97. The number of nitrogens with zero attached hydrogens (tertiary/aromatic N) is 2. The monoisotopic (exact) mass is 396 g/mol. The molecule has 1 amide bonds. The van der Waals surface area contributed by atoms with E-state index >= 15 is 0 Å². The number of amides is 1. The van der Waals surface area contributed by atoms with Gasteiger partial charge in [0.1, 0.15) is 16.5 Å². The first kappa shape index (κ1) is 12.1. The van der Waals surface area contributed by atoms with Crippen molar-refractivity contribution in [2.24, 2.45) is 0 Å². The molecule has 1 aromatic heterocycles. The molecule has 0 atom stereocenters. The van der Waals surface area contributed by atoms with Crippen molar-refractivity contribution < 1.29 is 9.53 Å². The van der Waals surface area contributed by atoms with Gasteiger partial charge in [-0.15, -0.1) is 0 Å². The molecule has 16 heavy (non-hydrogen) atoms. The van der Waals surface area contributed by atoms with E-state index in [9.17, 15) is 4.79 Å². The van der Waals surface area contributed by atoms with Crippen molar-refractivity contribution in [1.82, 2.24) is 9.88 Å². The van der Waals surface area contributed by atoms with Crippen LogP contribution in [0.5, 0.6) is 5.75 Å². The topological polar surface area (TPSA) is 42.4 Å². The number of hydrogen-bond donors (Lipinski definition) is 0. The normalized spacial score (nSPS) is 15.8. The molecule has 86 valence electrons. The minimum absolute atomic E-state index is 0.106. The summed E-state index contributed by atoms with van der Waals surface area (Å²) in [7, 11) is 0. The first-order valence-corrected chi connectivity index (χ1v) is 7.13. The van der Waals surface area contributed by atoms with E-state index in [1.807, 2.05) is 12.1 Å². The van der Waals surface area contributed by atoms with Crippen LogP contribution in [-0.2, 0) is 4.79 Å². The van der Waals surface area contributed by atoms with Gasteiger partial charge in [0, 0.05) is 0 Å². The van der Waals surface area contributed by atoms with E-state index in [1.54, 1.807) is 11.1 Å². The molecule has 1 aliphatic rings. The highest BCUT2D eigenvalue weighted by molar-refractivity contribution is 14.1. The quantitative estimate of drug-likeness (QED) is 0.445. The van der Waals surface area contributed by atoms with Crippen molar-refractivity contribution in [2.75, 3.05) is 17.5 Å². The summed E-state index contributed by atoms with van der Waals surface area (Å²) in [6.45, 7) is 1.36. The third-order valence-corrected chi connectivity index (χ3v) is 3.44. The van der Waals surface area contributed by atoms with Gasteiger partial charge in [-0.25, -0.2) is 4.98 Å². The van der Waals surface area contributed by atoms with Gasteiger partial charge in [-0.1, -0.05) is 22.6 Å². The standard InChI is InChI=1S/C10H10BrIN2O2/c11-9-2-1-7(4-13-9)16-8-5-14(6-8)10(15)3-12/h1-2,4,8H,3,5-6H2. The Hall–Kier alpha value is -0.370. The van der Waals surface area contributed by atoms with E-state index in [-0.39, 0.29) is 12.0 Å². The third-order valence-electron chi connectivity index (χ3n) is 2.32. The molecule has 1 fully saturated rings. The van der Waals surface area contributed by atoms with Crippen LogP contribution in [0.25, 0.3) is 0 Å². The summed E-state index contributed by atoms with van der Waals surface area (Å²) in [5, 5.41) is 0. The number of halogens is 2. The molecule has 4 nitrogen and oxygen atoms in total. The van der Waals surface area contributed by atoms with Crippen LogP contribution in [-0.4, -0.2) is 39.4 Å². The predicted molar refractivity (Wildman–Crippen MR) is 71.8 cm³/mol. The maximum atomic E-state index is 11.3. The average molecular weight is 397 g/mol. The second kappa shape index (κ2) is 5.31. The van der Waals surface area contributed by atoms with Crippen LogP contribution in [0.15, 0.2) is 22.9 Å². The highest BCUT2D eigenvalue weighted by Gasteiger charge is 2.31. The van der Waals surface area contributed by atoms with Gasteiger partial charge in [-0.05, 0) is 28.1 Å². The van der Waals surface area contributed by atoms with Crippen LogP contribution >= 0.6 is 38.5 Å². The molecule has 0 bridgehead atoms. The fraction of sp³-hybridized carbons (Fsp3) is 0.400. The summed E-state index contributed by atoms with van der Waals surface area (Å²) in [5.74, 6) is 0.921. The first-order chi connectivity index (χ1) is 7.69. The van der Waals surface area contributed by atoms with E-state index in [2.05, 4.69) is 43.5 Å². The van der Waals surface area contributed by atoms with E-state index in [0.29, 0.717) is 17.5 Å². The van der Waals surface area contributed by atoms with Crippen LogP contribution in [0.3, 0.4) is 0 Å².